The van der Waals surface area contributed by atoms with Crippen molar-refractivity contribution >= 4 is 0 Å². The minimum absolute atomic E-state index is 0.117. The Morgan fingerprint density at radius 3 is 2.24 bits per heavy atom. The number of hydrogen-bond acceptors (Lipinski definition) is 2. The van der Waals surface area contributed by atoms with Gasteiger partial charge in [0.25, 0.3) is 0 Å². The zero-order valence-corrected chi connectivity index (χ0v) is 17.2. The monoisotopic (exact) mass is 384 g/mol. The molecule has 0 spiro atoms. The smallest absolute Gasteiger partial charge is 0.127 e. The van der Waals surface area contributed by atoms with Crippen molar-refractivity contribution in [2.75, 3.05) is 0 Å². The van der Waals surface area contributed by atoms with Crippen LogP contribution in [-0.2, 0) is 6.42 Å². The maximum Gasteiger partial charge on any atom is 0.127 e. The Bertz CT molecular complexity index is 921. The lowest BCUT2D eigenvalue weighted by atomic mass is 9.93. The average Bonchev–Trinajstić information content (AvgIpc) is 2.73. The highest BCUT2D eigenvalue weighted by Gasteiger charge is 2.09. The molecule has 0 bridgehead atoms. The summed E-state index contributed by atoms with van der Waals surface area (Å²) >= 11 is 0. The fourth-order valence-corrected chi connectivity index (χ4v) is 3.30. The first-order valence-electron chi connectivity index (χ1n) is 10.2. The van der Waals surface area contributed by atoms with Crippen molar-refractivity contribution in [3.05, 3.63) is 90.0 Å². The highest BCUT2D eigenvalue weighted by Crippen LogP contribution is 2.26. The minimum atomic E-state index is 0.117. The molecular formula is C27H28O2. The van der Waals surface area contributed by atoms with Gasteiger partial charge in [-0.3, -0.25) is 0 Å². The Morgan fingerprint density at radius 2 is 1.55 bits per heavy atom. The molecule has 148 valence electrons. The number of hydrogen-bond donors (Lipinski definition) is 0. The standard InChI is InChI=1S/C27H28O2/c1-4-23(24-16-18-26(19-17-24)28-21(2)3)12-8-10-22-11-9-15-27(20-22)29-25-13-6-5-7-14-25/h1,5-7,9,11,13-21,23H,8,10,12H2,2-3H3. The molecular weight excluding hydrogens is 356 g/mol. The van der Waals surface area contributed by atoms with Gasteiger partial charge in [-0.25, -0.2) is 0 Å². The Kier molecular flexibility index (Phi) is 7.36. The van der Waals surface area contributed by atoms with Gasteiger partial charge in [-0.05, 0) is 80.6 Å². The van der Waals surface area contributed by atoms with E-state index >= 15 is 0 Å². The van der Waals surface area contributed by atoms with Crippen LogP contribution in [0.1, 0.15) is 43.7 Å². The number of rotatable bonds is 9. The Balaban J connectivity index is 1.54. The summed E-state index contributed by atoms with van der Waals surface area (Å²) in [5.41, 5.74) is 2.43. The number of ether oxygens (including phenoxy) is 2. The predicted octanol–water partition coefficient (Wildman–Crippen LogP) is 7.01. The van der Waals surface area contributed by atoms with Crippen molar-refractivity contribution in [1.82, 2.24) is 0 Å². The third-order valence-electron chi connectivity index (χ3n) is 4.69. The van der Waals surface area contributed by atoms with E-state index in [-0.39, 0.29) is 12.0 Å². The SMILES string of the molecule is C#CC(CCCc1cccc(Oc2ccccc2)c1)c1ccc(OC(C)C)cc1. The van der Waals surface area contributed by atoms with Crippen LogP contribution in [0.3, 0.4) is 0 Å². The summed E-state index contributed by atoms with van der Waals surface area (Å²) in [5, 5.41) is 0. The van der Waals surface area contributed by atoms with Gasteiger partial charge in [0.15, 0.2) is 0 Å². The van der Waals surface area contributed by atoms with Crippen LogP contribution in [0.5, 0.6) is 17.2 Å². The molecule has 1 unspecified atom stereocenters. The molecule has 2 heteroatoms. The largest absolute Gasteiger partial charge is 0.491 e. The fraction of sp³-hybridized carbons (Fsp3) is 0.259. The molecule has 1 atom stereocenters. The highest BCUT2D eigenvalue weighted by molar-refractivity contribution is 5.35. The van der Waals surface area contributed by atoms with Gasteiger partial charge in [0.2, 0.25) is 0 Å². The van der Waals surface area contributed by atoms with E-state index in [1.54, 1.807) is 0 Å². The summed E-state index contributed by atoms with van der Waals surface area (Å²) in [6.45, 7) is 4.05. The number of aryl methyl sites for hydroxylation is 1. The van der Waals surface area contributed by atoms with Gasteiger partial charge in [-0.15, -0.1) is 6.42 Å². The van der Waals surface area contributed by atoms with Gasteiger partial charge in [0.05, 0.1) is 6.10 Å². The van der Waals surface area contributed by atoms with Gasteiger partial charge in [-0.2, -0.15) is 0 Å². The first-order valence-corrected chi connectivity index (χ1v) is 10.2. The molecule has 0 aliphatic heterocycles. The van der Waals surface area contributed by atoms with E-state index in [2.05, 4.69) is 30.2 Å². The topological polar surface area (TPSA) is 18.5 Å². The molecule has 0 saturated heterocycles. The third kappa shape index (κ3) is 6.43. The first-order chi connectivity index (χ1) is 14.1. The van der Waals surface area contributed by atoms with Crippen LogP contribution in [0.15, 0.2) is 78.9 Å². The second kappa shape index (κ2) is 10.4. The van der Waals surface area contributed by atoms with Crippen LogP contribution in [0.4, 0.5) is 0 Å². The normalized spacial score (nSPS) is 11.7. The van der Waals surface area contributed by atoms with Crippen molar-refractivity contribution < 1.29 is 9.47 Å². The average molecular weight is 385 g/mol. The van der Waals surface area contributed by atoms with E-state index < -0.39 is 0 Å². The van der Waals surface area contributed by atoms with Gasteiger partial charge in [-0.1, -0.05) is 48.4 Å². The van der Waals surface area contributed by atoms with Crippen LogP contribution in [0, 0.1) is 12.3 Å². The third-order valence-corrected chi connectivity index (χ3v) is 4.69. The lowest BCUT2D eigenvalue weighted by molar-refractivity contribution is 0.242. The van der Waals surface area contributed by atoms with Gasteiger partial charge in [0.1, 0.15) is 17.2 Å². The zero-order chi connectivity index (χ0) is 20.5. The van der Waals surface area contributed by atoms with E-state index in [4.69, 9.17) is 15.9 Å². The summed E-state index contributed by atoms with van der Waals surface area (Å²) in [7, 11) is 0. The predicted molar refractivity (Wildman–Crippen MR) is 120 cm³/mol. The van der Waals surface area contributed by atoms with Gasteiger partial charge >= 0.3 is 0 Å². The van der Waals surface area contributed by atoms with Crippen LogP contribution in [0.2, 0.25) is 0 Å². The Hall–Kier alpha value is -3.18. The summed E-state index contributed by atoms with van der Waals surface area (Å²) in [4.78, 5) is 0. The van der Waals surface area contributed by atoms with E-state index in [0.29, 0.717) is 0 Å². The molecule has 0 heterocycles. The highest BCUT2D eigenvalue weighted by atomic mass is 16.5. The lowest BCUT2D eigenvalue weighted by Crippen LogP contribution is -2.05. The van der Waals surface area contributed by atoms with Crippen LogP contribution < -0.4 is 9.47 Å². The second-order valence-electron chi connectivity index (χ2n) is 7.41. The summed E-state index contributed by atoms with van der Waals surface area (Å²) in [6, 6.07) is 26.3. The Labute approximate surface area is 174 Å². The van der Waals surface area contributed by atoms with E-state index in [0.717, 1.165) is 36.5 Å². The van der Waals surface area contributed by atoms with E-state index in [9.17, 15) is 0 Å². The van der Waals surface area contributed by atoms with Crippen molar-refractivity contribution in [3.8, 4) is 29.6 Å². The second-order valence-corrected chi connectivity index (χ2v) is 7.41. The number of para-hydroxylation sites is 1. The maximum absolute atomic E-state index is 5.93. The minimum Gasteiger partial charge on any atom is -0.491 e. The molecule has 0 amide bonds. The fourth-order valence-electron chi connectivity index (χ4n) is 3.30. The number of terminal acetylenes is 1. The molecule has 0 fully saturated rings. The number of benzene rings is 3. The molecule has 2 nitrogen and oxygen atoms in total. The van der Waals surface area contributed by atoms with E-state index in [1.165, 1.54) is 11.1 Å². The molecule has 0 radical (unpaired) electrons. The molecule has 3 rings (SSSR count). The summed E-state index contributed by atoms with van der Waals surface area (Å²) in [6.07, 6.45) is 8.93. The lowest BCUT2D eigenvalue weighted by Gasteiger charge is -2.14. The van der Waals surface area contributed by atoms with Crippen LogP contribution in [0.25, 0.3) is 0 Å². The van der Waals surface area contributed by atoms with E-state index in [1.807, 2.05) is 68.4 Å². The van der Waals surface area contributed by atoms with Crippen molar-refractivity contribution in [2.45, 2.75) is 45.1 Å². The quantitative estimate of drug-likeness (QED) is 0.370. The van der Waals surface area contributed by atoms with Gasteiger partial charge < -0.3 is 9.47 Å². The molecule has 0 aliphatic carbocycles. The first kappa shape index (κ1) is 20.6. The molecule has 29 heavy (non-hydrogen) atoms. The van der Waals surface area contributed by atoms with Crippen molar-refractivity contribution in [3.63, 3.8) is 0 Å². The van der Waals surface area contributed by atoms with Crippen molar-refractivity contribution in [2.24, 2.45) is 0 Å². The summed E-state index contributed by atoms with van der Waals surface area (Å²) in [5.74, 6) is 5.66. The molecule has 0 aliphatic rings. The van der Waals surface area contributed by atoms with Crippen LogP contribution >= 0.6 is 0 Å². The maximum atomic E-state index is 5.93. The molecule has 3 aromatic carbocycles. The molecule has 3 aromatic rings. The Morgan fingerprint density at radius 1 is 0.828 bits per heavy atom. The van der Waals surface area contributed by atoms with Crippen LogP contribution in [-0.4, -0.2) is 6.10 Å². The molecule has 0 aromatic heterocycles. The summed E-state index contributed by atoms with van der Waals surface area (Å²) < 4.78 is 11.6. The molecule has 0 N–H and O–H groups in total. The van der Waals surface area contributed by atoms with Gasteiger partial charge in [0, 0.05) is 5.92 Å². The zero-order valence-electron chi connectivity index (χ0n) is 17.2. The van der Waals surface area contributed by atoms with Crippen molar-refractivity contribution in [1.29, 1.82) is 0 Å². The molecule has 0 saturated carbocycles.